The number of esters is 1. The third-order valence-corrected chi connectivity index (χ3v) is 2.65. The second kappa shape index (κ2) is 6.83. The molecule has 0 saturated carbocycles. The zero-order chi connectivity index (χ0) is 13.5. The van der Waals surface area contributed by atoms with Crippen LogP contribution in [0.25, 0.3) is 0 Å². The number of rotatable bonds is 4. The van der Waals surface area contributed by atoms with Crippen molar-refractivity contribution < 1.29 is 19.1 Å². The molecule has 0 aliphatic carbocycles. The fraction of sp³-hybridized carbons (Fsp3) is 0.538. The largest absolute Gasteiger partial charge is 0.459 e. The zero-order valence-corrected chi connectivity index (χ0v) is 10.7. The van der Waals surface area contributed by atoms with Gasteiger partial charge in [0.15, 0.2) is 0 Å². The van der Waals surface area contributed by atoms with E-state index in [1.54, 1.807) is 11.8 Å². The molecule has 1 heterocycles. The molecule has 5 nitrogen and oxygen atoms in total. The number of carbonyl (C=O) groups is 2. The third-order valence-electron chi connectivity index (χ3n) is 2.65. The Morgan fingerprint density at radius 3 is 2.50 bits per heavy atom. The monoisotopic (exact) mass is 253 g/mol. The summed E-state index contributed by atoms with van der Waals surface area (Å²) >= 11 is 0. The average molecular weight is 253 g/mol. The van der Waals surface area contributed by atoms with Crippen molar-refractivity contribution in [2.24, 2.45) is 0 Å². The van der Waals surface area contributed by atoms with Crippen molar-refractivity contribution in [2.45, 2.75) is 25.9 Å². The molecular formula is C13H19NO4. The first-order chi connectivity index (χ1) is 8.54. The van der Waals surface area contributed by atoms with Crippen molar-refractivity contribution in [3.8, 4) is 0 Å². The predicted molar refractivity (Wildman–Crippen MR) is 67.0 cm³/mol. The Bertz CT molecular complexity index is 343. The summed E-state index contributed by atoms with van der Waals surface area (Å²) in [7, 11) is 0. The standard InChI is InChI=1S/C13H19NO4/c1-4-9-17-13(16)14-7-5-11(6-8-14)18-12(15)10(2)3/h4,11H,1-2,5-9H2,3H3. The molecule has 1 aliphatic heterocycles. The Kier molecular flexibility index (Phi) is 5.42. The van der Waals surface area contributed by atoms with Gasteiger partial charge in [0, 0.05) is 31.5 Å². The van der Waals surface area contributed by atoms with E-state index in [0.29, 0.717) is 31.5 Å². The molecule has 1 aliphatic rings. The second-order valence-electron chi connectivity index (χ2n) is 4.24. The van der Waals surface area contributed by atoms with Crippen LogP contribution in [0.4, 0.5) is 4.79 Å². The summed E-state index contributed by atoms with van der Waals surface area (Å²) in [4.78, 5) is 24.5. The minimum Gasteiger partial charge on any atom is -0.459 e. The quantitative estimate of drug-likeness (QED) is 0.436. The van der Waals surface area contributed by atoms with Gasteiger partial charge in [-0.1, -0.05) is 19.2 Å². The summed E-state index contributed by atoms with van der Waals surface area (Å²) in [5, 5.41) is 0. The molecule has 1 amide bonds. The Hall–Kier alpha value is -1.78. The van der Waals surface area contributed by atoms with Gasteiger partial charge in [0.25, 0.3) is 0 Å². The molecular weight excluding hydrogens is 234 g/mol. The van der Waals surface area contributed by atoms with Gasteiger partial charge in [-0.3, -0.25) is 0 Å². The van der Waals surface area contributed by atoms with Crippen LogP contribution >= 0.6 is 0 Å². The number of hydrogen-bond donors (Lipinski definition) is 0. The molecule has 0 atom stereocenters. The molecule has 1 rings (SSSR count). The molecule has 5 heteroatoms. The van der Waals surface area contributed by atoms with E-state index in [9.17, 15) is 9.59 Å². The maximum absolute atomic E-state index is 11.5. The number of likely N-dealkylation sites (tertiary alicyclic amines) is 1. The fourth-order valence-electron chi connectivity index (χ4n) is 1.63. The van der Waals surface area contributed by atoms with E-state index in [2.05, 4.69) is 13.2 Å². The Labute approximate surface area is 107 Å². The molecule has 0 bridgehead atoms. The van der Waals surface area contributed by atoms with Crippen LogP contribution < -0.4 is 0 Å². The lowest BCUT2D eigenvalue weighted by atomic mass is 10.1. The van der Waals surface area contributed by atoms with Crippen LogP contribution in [0.2, 0.25) is 0 Å². The van der Waals surface area contributed by atoms with Gasteiger partial charge in [0.05, 0.1) is 0 Å². The van der Waals surface area contributed by atoms with Crippen LogP contribution in [0.1, 0.15) is 19.8 Å². The second-order valence-corrected chi connectivity index (χ2v) is 4.24. The van der Waals surface area contributed by atoms with Gasteiger partial charge in [-0.15, -0.1) is 0 Å². The first-order valence-electron chi connectivity index (χ1n) is 5.93. The van der Waals surface area contributed by atoms with Crippen molar-refractivity contribution in [2.75, 3.05) is 19.7 Å². The van der Waals surface area contributed by atoms with Gasteiger partial charge in [-0.05, 0) is 6.92 Å². The molecule has 0 spiro atoms. The van der Waals surface area contributed by atoms with Gasteiger partial charge >= 0.3 is 12.1 Å². The number of carbonyl (C=O) groups excluding carboxylic acids is 2. The highest BCUT2D eigenvalue weighted by atomic mass is 16.6. The van der Waals surface area contributed by atoms with Gasteiger partial charge in [-0.2, -0.15) is 0 Å². The van der Waals surface area contributed by atoms with Gasteiger partial charge in [0.1, 0.15) is 12.7 Å². The topological polar surface area (TPSA) is 55.8 Å². The SMILES string of the molecule is C=CCOC(=O)N1CCC(OC(=O)C(=C)C)CC1. The molecule has 0 aromatic rings. The summed E-state index contributed by atoms with van der Waals surface area (Å²) < 4.78 is 10.2. The van der Waals surface area contributed by atoms with E-state index in [1.807, 2.05) is 0 Å². The third kappa shape index (κ3) is 4.24. The van der Waals surface area contributed by atoms with Crippen molar-refractivity contribution in [1.29, 1.82) is 0 Å². The van der Waals surface area contributed by atoms with Crippen LogP contribution in [-0.2, 0) is 14.3 Å². The zero-order valence-electron chi connectivity index (χ0n) is 10.7. The molecule has 0 aromatic carbocycles. The number of hydrogen-bond acceptors (Lipinski definition) is 4. The van der Waals surface area contributed by atoms with E-state index in [4.69, 9.17) is 9.47 Å². The Morgan fingerprint density at radius 2 is 2.00 bits per heavy atom. The predicted octanol–water partition coefficient (Wildman–Crippen LogP) is 1.89. The lowest BCUT2D eigenvalue weighted by molar-refractivity contribution is -0.146. The summed E-state index contributed by atoms with van der Waals surface area (Å²) in [6, 6.07) is 0. The maximum Gasteiger partial charge on any atom is 0.410 e. The number of nitrogens with zero attached hydrogens (tertiary/aromatic N) is 1. The highest BCUT2D eigenvalue weighted by Gasteiger charge is 2.25. The molecule has 18 heavy (non-hydrogen) atoms. The highest BCUT2D eigenvalue weighted by Crippen LogP contribution is 2.15. The Balaban J connectivity index is 2.32. The molecule has 0 unspecified atom stereocenters. The lowest BCUT2D eigenvalue weighted by Gasteiger charge is -2.30. The van der Waals surface area contributed by atoms with E-state index < -0.39 is 0 Å². The number of ether oxygens (including phenoxy) is 2. The Morgan fingerprint density at radius 1 is 1.39 bits per heavy atom. The number of amides is 1. The summed E-state index contributed by atoms with van der Waals surface area (Å²) in [5.41, 5.74) is 0.392. The summed E-state index contributed by atoms with van der Waals surface area (Å²) in [5.74, 6) is -0.373. The van der Waals surface area contributed by atoms with Gasteiger partial charge < -0.3 is 14.4 Å². The van der Waals surface area contributed by atoms with E-state index in [-0.39, 0.29) is 24.8 Å². The first kappa shape index (κ1) is 14.3. The summed E-state index contributed by atoms with van der Waals surface area (Å²) in [6.45, 7) is 9.90. The van der Waals surface area contributed by atoms with Crippen molar-refractivity contribution >= 4 is 12.1 Å². The van der Waals surface area contributed by atoms with Crippen molar-refractivity contribution in [3.05, 3.63) is 24.8 Å². The smallest absolute Gasteiger partial charge is 0.410 e. The molecule has 1 saturated heterocycles. The minimum atomic E-state index is -0.373. The molecule has 0 N–H and O–H groups in total. The van der Waals surface area contributed by atoms with Crippen molar-refractivity contribution in [3.63, 3.8) is 0 Å². The molecule has 100 valence electrons. The molecule has 1 fully saturated rings. The maximum atomic E-state index is 11.5. The van der Waals surface area contributed by atoms with Gasteiger partial charge in [0.2, 0.25) is 0 Å². The van der Waals surface area contributed by atoms with Crippen LogP contribution in [-0.4, -0.2) is 42.8 Å². The van der Waals surface area contributed by atoms with Crippen LogP contribution in [0.5, 0.6) is 0 Å². The van der Waals surface area contributed by atoms with Crippen LogP contribution in [0.15, 0.2) is 24.8 Å². The summed E-state index contributed by atoms with van der Waals surface area (Å²) in [6.07, 6.45) is 2.29. The van der Waals surface area contributed by atoms with E-state index in [0.717, 1.165) is 0 Å². The molecule has 0 aromatic heterocycles. The van der Waals surface area contributed by atoms with Gasteiger partial charge in [-0.25, -0.2) is 9.59 Å². The normalized spacial score (nSPS) is 15.9. The van der Waals surface area contributed by atoms with Crippen LogP contribution in [0.3, 0.4) is 0 Å². The highest BCUT2D eigenvalue weighted by molar-refractivity contribution is 5.87. The molecule has 0 radical (unpaired) electrons. The lowest BCUT2D eigenvalue weighted by Crippen LogP contribution is -2.41. The average Bonchev–Trinajstić information content (AvgIpc) is 2.36. The first-order valence-corrected chi connectivity index (χ1v) is 5.93. The number of piperidine rings is 1. The fourth-order valence-corrected chi connectivity index (χ4v) is 1.63. The van der Waals surface area contributed by atoms with E-state index >= 15 is 0 Å². The van der Waals surface area contributed by atoms with E-state index in [1.165, 1.54) is 6.08 Å². The van der Waals surface area contributed by atoms with Crippen molar-refractivity contribution in [1.82, 2.24) is 4.90 Å². The minimum absolute atomic E-state index is 0.141. The van der Waals surface area contributed by atoms with Crippen LogP contribution in [0, 0.1) is 0 Å².